The summed E-state index contributed by atoms with van der Waals surface area (Å²) < 4.78 is 6.28. The van der Waals surface area contributed by atoms with Gasteiger partial charge in [0.25, 0.3) is 0 Å². The molecule has 1 aromatic carbocycles. The van der Waals surface area contributed by atoms with Gasteiger partial charge >= 0.3 is 0 Å². The van der Waals surface area contributed by atoms with Crippen molar-refractivity contribution in [1.29, 1.82) is 0 Å². The third kappa shape index (κ3) is 1.38. The van der Waals surface area contributed by atoms with Crippen LogP contribution in [0.15, 0.2) is 29.0 Å². The maximum atomic E-state index is 5.31. The summed E-state index contributed by atoms with van der Waals surface area (Å²) in [6.07, 6.45) is 3.63. The number of pyridine rings is 1. The quantitative estimate of drug-likeness (QED) is 0.776. The highest BCUT2D eigenvalue weighted by Gasteiger charge is 2.08. The average molecular weight is 252 g/mol. The van der Waals surface area contributed by atoms with Crippen molar-refractivity contribution in [1.82, 2.24) is 4.98 Å². The third-order valence-electron chi connectivity index (χ3n) is 2.22. The number of aromatic nitrogens is 1. The smallest absolute Gasteiger partial charge is 0.136 e. The number of methoxy groups -OCH3 is 1. The molecule has 2 nitrogen and oxygen atoms in total. The summed E-state index contributed by atoms with van der Waals surface area (Å²) in [4.78, 5) is 4.09. The van der Waals surface area contributed by atoms with Crippen LogP contribution in [-0.4, -0.2) is 12.1 Å². The molecule has 0 radical (unpaired) electrons. The maximum absolute atomic E-state index is 5.31. The van der Waals surface area contributed by atoms with Crippen LogP contribution in [0.4, 0.5) is 0 Å². The Morgan fingerprint density at radius 3 is 2.93 bits per heavy atom. The van der Waals surface area contributed by atoms with E-state index in [0.717, 1.165) is 21.2 Å². The van der Waals surface area contributed by atoms with Crippen molar-refractivity contribution in [3.8, 4) is 5.75 Å². The van der Waals surface area contributed by atoms with Gasteiger partial charge in [-0.2, -0.15) is 0 Å². The molecule has 0 aliphatic rings. The lowest BCUT2D eigenvalue weighted by atomic mass is 10.1. The molecule has 0 N–H and O–H groups in total. The second-order valence-corrected chi connectivity index (χ2v) is 3.93. The van der Waals surface area contributed by atoms with E-state index in [0.29, 0.717) is 0 Å². The Morgan fingerprint density at radius 2 is 2.21 bits per heavy atom. The Bertz CT molecular complexity index is 482. The molecule has 0 aliphatic carbocycles. The Balaban J connectivity index is 2.86. The fourth-order valence-corrected chi connectivity index (χ4v) is 2.37. The molecule has 0 fully saturated rings. The maximum Gasteiger partial charge on any atom is 0.136 e. The Labute approximate surface area is 91.0 Å². The minimum atomic E-state index is 0.880. The minimum Gasteiger partial charge on any atom is -0.495 e. The van der Waals surface area contributed by atoms with Gasteiger partial charge in [0.15, 0.2) is 0 Å². The molecule has 0 unspecified atom stereocenters. The van der Waals surface area contributed by atoms with Gasteiger partial charge in [-0.05, 0) is 45.9 Å². The monoisotopic (exact) mass is 251 g/mol. The molecule has 72 valence electrons. The second kappa shape index (κ2) is 3.58. The van der Waals surface area contributed by atoms with Gasteiger partial charge < -0.3 is 4.74 Å². The van der Waals surface area contributed by atoms with E-state index in [4.69, 9.17) is 4.74 Å². The van der Waals surface area contributed by atoms with Crippen molar-refractivity contribution < 1.29 is 4.74 Å². The van der Waals surface area contributed by atoms with E-state index in [-0.39, 0.29) is 0 Å². The molecule has 2 aromatic rings. The van der Waals surface area contributed by atoms with E-state index in [2.05, 4.69) is 27.0 Å². The topological polar surface area (TPSA) is 22.1 Å². The molecule has 0 bridgehead atoms. The molecule has 0 spiro atoms. The summed E-state index contributed by atoms with van der Waals surface area (Å²) in [7, 11) is 1.68. The molecule has 0 amide bonds. The van der Waals surface area contributed by atoms with Crippen LogP contribution in [0.5, 0.6) is 5.75 Å². The van der Waals surface area contributed by atoms with Crippen molar-refractivity contribution in [2.24, 2.45) is 0 Å². The van der Waals surface area contributed by atoms with Gasteiger partial charge in [-0.25, -0.2) is 0 Å². The minimum absolute atomic E-state index is 0.880. The van der Waals surface area contributed by atoms with Crippen molar-refractivity contribution in [3.05, 3.63) is 34.6 Å². The Kier molecular flexibility index (Phi) is 2.42. The summed E-state index contributed by atoms with van der Waals surface area (Å²) in [5.41, 5.74) is 1.12. The van der Waals surface area contributed by atoms with Gasteiger partial charge in [0.2, 0.25) is 0 Å². The van der Waals surface area contributed by atoms with Gasteiger partial charge in [-0.15, -0.1) is 0 Å². The lowest BCUT2D eigenvalue weighted by Gasteiger charge is -2.09. The fourth-order valence-electron chi connectivity index (χ4n) is 1.56. The van der Waals surface area contributed by atoms with Crippen LogP contribution < -0.4 is 4.74 Å². The third-order valence-corrected chi connectivity index (χ3v) is 3.01. The summed E-state index contributed by atoms with van der Waals surface area (Å²) in [6, 6.07) is 4.09. The number of hydrogen-bond donors (Lipinski definition) is 0. The van der Waals surface area contributed by atoms with E-state index in [9.17, 15) is 0 Å². The molecule has 1 aromatic heterocycles. The molecule has 2 rings (SSSR count). The number of ether oxygens (including phenoxy) is 1. The fraction of sp³-hybridized carbons (Fsp3) is 0.182. The van der Waals surface area contributed by atoms with Gasteiger partial charge in [-0.1, -0.05) is 0 Å². The van der Waals surface area contributed by atoms with Crippen molar-refractivity contribution in [2.75, 3.05) is 7.11 Å². The number of fused-ring (bicyclic) bond motifs is 1. The zero-order chi connectivity index (χ0) is 10.1. The van der Waals surface area contributed by atoms with Crippen LogP contribution in [0.2, 0.25) is 0 Å². The van der Waals surface area contributed by atoms with Crippen LogP contribution in [0, 0.1) is 6.92 Å². The van der Waals surface area contributed by atoms with Crippen LogP contribution in [0.1, 0.15) is 5.56 Å². The summed E-state index contributed by atoms with van der Waals surface area (Å²) in [5.74, 6) is 0.880. The number of halogens is 1. The molecule has 14 heavy (non-hydrogen) atoms. The van der Waals surface area contributed by atoms with Crippen molar-refractivity contribution in [3.63, 3.8) is 0 Å². The molecular weight excluding hydrogens is 242 g/mol. The predicted octanol–water partition coefficient (Wildman–Crippen LogP) is 3.31. The number of nitrogens with zero attached hydrogens (tertiary/aromatic N) is 1. The normalized spacial score (nSPS) is 10.5. The van der Waals surface area contributed by atoms with Crippen LogP contribution in [0.25, 0.3) is 10.8 Å². The van der Waals surface area contributed by atoms with E-state index in [1.54, 1.807) is 13.3 Å². The number of benzene rings is 1. The molecule has 0 aliphatic heterocycles. The largest absolute Gasteiger partial charge is 0.495 e. The first-order chi connectivity index (χ1) is 6.74. The highest BCUT2D eigenvalue weighted by atomic mass is 79.9. The van der Waals surface area contributed by atoms with Crippen LogP contribution >= 0.6 is 15.9 Å². The standard InChI is InChI=1S/C11H10BrNO/c1-7-5-8-3-4-13-6-9(8)10(12)11(7)14-2/h3-6H,1-2H3. The van der Waals surface area contributed by atoms with E-state index in [1.807, 2.05) is 19.2 Å². The van der Waals surface area contributed by atoms with Crippen molar-refractivity contribution >= 4 is 26.7 Å². The summed E-state index contributed by atoms with van der Waals surface area (Å²) in [5, 5.41) is 2.25. The average Bonchev–Trinajstić information content (AvgIpc) is 2.18. The van der Waals surface area contributed by atoms with Crippen LogP contribution in [0.3, 0.4) is 0 Å². The molecule has 1 heterocycles. The molecule has 0 saturated carbocycles. The molecule has 3 heteroatoms. The number of rotatable bonds is 1. The predicted molar refractivity (Wildman–Crippen MR) is 60.7 cm³/mol. The second-order valence-electron chi connectivity index (χ2n) is 3.14. The molecule has 0 saturated heterocycles. The van der Waals surface area contributed by atoms with Crippen molar-refractivity contribution in [2.45, 2.75) is 6.92 Å². The lowest BCUT2D eigenvalue weighted by molar-refractivity contribution is 0.410. The SMILES string of the molecule is COc1c(C)cc2ccncc2c1Br. The van der Waals surface area contributed by atoms with E-state index < -0.39 is 0 Å². The van der Waals surface area contributed by atoms with E-state index in [1.165, 1.54) is 5.39 Å². The number of hydrogen-bond acceptors (Lipinski definition) is 2. The van der Waals surface area contributed by atoms with Gasteiger partial charge in [-0.3, -0.25) is 4.98 Å². The Morgan fingerprint density at radius 1 is 1.43 bits per heavy atom. The van der Waals surface area contributed by atoms with E-state index >= 15 is 0 Å². The first-order valence-corrected chi connectivity index (χ1v) is 5.10. The summed E-state index contributed by atoms with van der Waals surface area (Å²) >= 11 is 3.53. The zero-order valence-corrected chi connectivity index (χ0v) is 9.63. The van der Waals surface area contributed by atoms with Gasteiger partial charge in [0.1, 0.15) is 5.75 Å². The Hall–Kier alpha value is -1.09. The van der Waals surface area contributed by atoms with Crippen LogP contribution in [-0.2, 0) is 0 Å². The van der Waals surface area contributed by atoms with Gasteiger partial charge in [0.05, 0.1) is 11.6 Å². The highest BCUT2D eigenvalue weighted by molar-refractivity contribution is 9.10. The van der Waals surface area contributed by atoms with Gasteiger partial charge in [0, 0.05) is 17.8 Å². The first kappa shape index (κ1) is 9.46. The molecular formula is C11H10BrNO. The lowest BCUT2D eigenvalue weighted by Crippen LogP contribution is -1.90. The number of aryl methyl sites for hydroxylation is 1. The molecule has 0 atom stereocenters. The highest BCUT2D eigenvalue weighted by Crippen LogP contribution is 2.35. The first-order valence-electron chi connectivity index (χ1n) is 4.31. The zero-order valence-electron chi connectivity index (χ0n) is 8.04. The summed E-state index contributed by atoms with van der Waals surface area (Å²) in [6.45, 7) is 2.03.